The number of carbonyl (C=O) groups is 1. The van der Waals surface area contributed by atoms with Crippen molar-refractivity contribution in [3.05, 3.63) is 94.5 Å². The molecule has 4 rings (SSSR count). The second-order valence-electron chi connectivity index (χ2n) is 7.81. The number of ether oxygens (including phenoxy) is 1. The van der Waals surface area contributed by atoms with E-state index in [9.17, 15) is 13.2 Å². The molecule has 1 aliphatic heterocycles. The summed E-state index contributed by atoms with van der Waals surface area (Å²) in [6, 6.07) is 20.8. The first-order chi connectivity index (χ1) is 15.8. The van der Waals surface area contributed by atoms with Gasteiger partial charge in [-0.1, -0.05) is 48.0 Å². The normalized spacial score (nSPS) is 15.9. The third-order valence-electron chi connectivity index (χ3n) is 5.55. The van der Waals surface area contributed by atoms with Crippen molar-refractivity contribution < 1.29 is 17.9 Å². The minimum Gasteiger partial charge on any atom is -0.497 e. The van der Waals surface area contributed by atoms with Crippen molar-refractivity contribution in [2.24, 2.45) is 5.10 Å². The zero-order valence-corrected chi connectivity index (χ0v) is 19.8. The zero-order valence-electron chi connectivity index (χ0n) is 18.2. The number of hydrogen-bond acceptors (Lipinski definition) is 5. The van der Waals surface area contributed by atoms with Gasteiger partial charge in [0.1, 0.15) is 5.75 Å². The molecule has 0 saturated carbocycles. The lowest BCUT2D eigenvalue weighted by Crippen LogP contribution is -2.24. The quantitative estimate of drug-likeness (QED) is 0.494. The first kappa shape index (κ1) is 23.0. The van der Waals surface area contributed by atoms with E-state index in [2.05, 4.69) is 5.10 Å². The van der Waals surface area contributed by atoms with Gasteiger partial charge in [-0.2, -0.15) is 5.10 Å². The van der Waals surface area contributed by atoms with E-state index < -0.39 is 9.84 Å². The fourth-order valence-corrected chi connectivity index (χ4v) is 5.27. The van der Waals surface area contributed by atoms with Gasteiger partial charge in [0.2, 0.25) is 5.91 Å². The van der Waals surface area contributed by atoms with Gasteiger partial charge in [0.25, 0.3) is 0 Å². The fraction of sp³-hybridized carbons (Fsp3) is 0.200. The lowest BCUT2D eigenvalue weighted by atomic mass is 9.98. The summed E-state index contributed by atoms with van der Waals surface area (Å²) in [6.07, 6.45) is 0.564. The summed E-state index contributed by atoms with van der Waals surface area (Å²) < 4.78 is 30.6. The Labute approximate surface area is 198 Å². The van der Waals surface area contributed by atoms with Crippen LogP contribution in [-0.4, -0.2) is 32.2 Å². The number of halogens is 1. The Morgan fingerprint density at radius 3 is 2.24 bits per heavy atom. The Balaban J connectivity index is 1.52. The maximum Gasteiger partial charge on any atom is 0.240 e. The number of hydrogen-bond donors (Lipinski definition) is 0. The van der Waals surface area contributed by atoms with Crippen LogP contribution in [0.2, 0.25) is 5.02 Å². The lowest BCUT2D eigenvalue weighted by molar-refractivity contribution is -0.130. The van der Waals surface area contributed by atoms with Gasteiger partial charge in [0, 0.05) is 18.4 Å². The molecule has 3 aromatic rings. The molecule has 1 heterocycles. The first-order valence-corrected chi connectivity index (χ1v) is 12.4. The summed E-state index contributed by atoms with van der Waals surface area (Å²) >= 11 is 5.86. The van der Waals surface area contributed by atoms with Crippen LogP contribution >= 0.6 is 11.6 Å². The highest BCUT2D eigenvalue weighted by Crippen LogP contribution is 2.33. The Morgan fingerprint density at radius 2 is 1.67 bits per heavy atom. The molecule has 0 spiro atoms. The minimum atomic E-state index is -3.48. The Kier molecular flexibility index (Phi) is 6.54. The Hall–Kier alpha value is -3.16. The van der Waals surface area contributed by atoms with Crippen molar-refractivity contribution in [3.8, 4) is 5.75 Å². The summed E-state index contributed by atoms with van der Waals surface area (Å²) in [5.74, 6) is 0.489. The third kappa shape index (κ3) is 5.10. The number of amides is 1. The van der Waals surface area contributed by atoms with Crippen LogP contribution in [0.1, 0.15) is 36.1 Å². The molecule has 0 bridgehead atoms. The average Bonchev–Trinajstić information content (AvgIpc) is 3.25. The largest absolute Gasteiger partial charge is 0.497 e. The molecule has 0 aromatic heterocycles. The molecule has 1 amide bonds. The Morgan fingerprint density at radius 1 is 1.03 bits per heavy atom. The number of benzene rings is 3. The molecule has 6 nitrogen and oxygen atoms in total. The van der Waals surface area contributed by atoms with Gasteiger partial charge in [-0.05, 0) is 53.1 Å². The topological polar surface area (TPSA) is 76.0 Å². The van der Waals surface area contributed by atoms with Gasteiger partial charge in [-0.15, -0.1) is 0 Å². The van der Waals surface area contributed by atoms with Crippen molar-refractivity contribution in [2.45, 2.75) is 30.0 Å². The van der Waals surface area contributed by atoms with E-state index >= 15 is 0 Å². The maximum absolute atomic E-state index is 12.7. The van der Waals surface area contributed by atoms with E-state index in [4.69, 9.17) is 16.3 Å². The summed E-state index contributed by atoms with van der Waals surface area (Å²) in [5.41, 5.74) is 3.26. The molecule has 170 valence electrons. The predicted molar refractivity (Wildman–Crippen MR) is 128 cm³/mol. The molecule has 0 N–H and O–H groups in total. The molecule has 1 atom stereocenters. The molecule has 1 unspecified atom stereocenters. The van der Waals surface area contributed by atoms with Gasteiger partial charge in [0.15, 0.2) is 9.84 Å². The van der Waals surface area contributed by atoms with Gasteiger partial charge >= 0.3 is 0 Å². The van der Waals surface area contributed by atoms with Crippen LogP contribution in [0, 0.1) is 0 Å². The van der Waals surface area contributed by atoms with E-state index in [1.165, 1.54) is 24.1 Å². The number of nitrogens with zero attached hydrogens (tertiary/aromatic N) is 2. The molecule has 0 saturated heterocycles. The summed E-state index contributed by atoms with van der Waals surface area (Å²) in [7, 11) is -1.88. The number of hydrazone groups is 1. The molecular weight excluding hydrogens is 460 g/mol. The summed E-state index contributed by atoms with van der Waals surface area (Å²) in [5, 5.41) is 6.54. The van der Waals surface area contributed by atoms with Crippen molar-refractivity contribution in [1.29, 1.82) is 0 Å². The van der Waals surface area contributed by atoms with Crippen LogP contribution in [0.3, 0.4) is 0 Å². The monoisotopic (exact) mass is 482 g/mol. The van der Waals surface area contributed by atoms with Crippen molar-refractivity contribution in [2.75, 3.05) is 7.11 Å². The molecule has 1 aliphatic rings. The zero-order chi connectivity index (χ0) is 23.6. The number of rotatable bonds is 6. The number of methoxy groups -OCH3 is 1. The highest BCUT2D eigenvalue weighted by Gasteiger charge is 2.31. The lowest BCUT2D eigenvalue weighted by Gasteiger charge is -2.20. The van der Waals surface area contributed by atoms with Gasteiger partial charge in [-0.3, -0.25) is 4.79 Å². The second kappa shape index (κ2) is 9.37. The summed E-state index contributed by atoms with van der Waals surface area (Å²) in [4.78, 5) is 12.4. The molecule has 33 heavy (non-hydrogen) atoms. The van der Waals surface area contributed by atoms with E-state index in [1.54, 1.807) is 31.4 Å². The number of sulfone groups is 1. The molecule has 0 fully saturated rings. The molecule has 0 radical (unpaired) electrons. The van der Waals surface area contributed by atoms with Crippen LogP contribution in [0.15, 0.2) is 82.8 Å². The van der Waals surface area contributed by atoms with E-state index in [0.29, 0.717) is 17.0 Å². The molecule has 0 aliphatic carbocycles. The van der Waals surface area contributed by atoms with Crippen LogP contribution in [0.25, 0.3) is 0 Å². The Bertz CT molecular complexity index is 1290. The highest BCUT2D eigenvalue weighted by molar-refractivity contribution is 7.90. The van der Waals surface area contributed by atoms with Crippen molar-refractivity contribution in [1.82, 2.24) is 5.01 Å². The number of carbonyl (C=O) groups excluding carboxylic acids is 1. The van der Waals surface area contributed by atoms with E-state index in [1.807, 2.05) is 36.4 Å². The third-order valence-corrected chi connectivity index (χ3v) is 7.51. The molecule has 8 heteroatoms. The van der Waals surface area contributed by atoms with Crippen molar-refractivity contribution >= 4 is 33.1 Å². The average molecular weight is 483 g/mol. The highest BCUT2D eigenvalue weighted by atomic mass is 35.5. The maximum atomic E-state index is 12.7. The van der Waals surface area contributed by atoms with Crippen molar-refractivity contribution in [3.63, 3.8) is 0 Å². The SMILES string of the molecule is COc1ccc(C2CC(c3ccc(CS(=O)(=O)c4ccc(Cl)cc4)cc3)=NN2C(C)=O)cc1. The van der Waals surface area contributed by atoms with Crippen LogP contribution in [0.5, 0.6) is 5.75 Å². The smallest absolute Gasteiger partial charge is 0.240 e. The summed E-state index contributed by atoms with van der Waals surface area (Å²) in [6.45, 7) is 1.49. The van der Waals surface area contributed by atoms with E-state index in [-0.39, 0.29) is 22.6 Å². The van der Waals surface area contributed by atoms with E-state index in [0.717, 1.165) is 22.6 Å². The van der Waals surface area contributed by atoms with Gasteiger partial charge in [-0.25, -0.2) is 13.4 Å². The molecular formula is C25H23ClN2O4S. The van der Waals surface area contributed by atoms with Gasteiger partial charge < -0.3 is 4.74 Å². The predicted octanol–water partition coefficient (Wildman–Crippen LogP) is 5.02. The fourth-order valence-electron chi connectivity index (χ4n) is 3.80. The second-order valence-corrected chi connectivity index (χ2v) is 10.2. The van der Waals surface area contributed by atoms with Crippen LogP contribution in [0.4, 0.5) is 0 Å². The van der Waals surface area contributed by atoms with Crippen LogP contribution < -0.4 is 4.74 Å². The minimum absolute atomic E-state index is 0.116. The standard InChI is InChI=1S/C25H23ClN2O4S/c1-17(29)28-25(20-7-11-22(32-2)12-8-20)15-24(27-28)19-5-3-18(4-6-19)16-33(30,31)23-13-9-21(26)10-14-23/h3-14,25H,15-16H2,1-2H3. The molecule has 3 aromatic carbocycles. The van der Waals surface area contributed by atoms with Gasteiger partial charge in [0.05, 0.1) is 29.5 Å². The van der Waals surface area contributed by atoms with Crippen LogP contribution in [-0.2, 0) is 20.4 Å². The first-order valence-electron chi connectivity index (χ1n) is 10.4.